The highest BCUT2D eigenvalue weighted by Gasteiger charge is 2.16. The predicted molar refractivity (Wildman–Crippen MR) is 72.0 cm³/mol. The fourth-order valence-electron chi connectivity index (χ4n) is 1.95. The second-order valence-corrected chi connectivity index (χ2v) is 5.05. The molecule has 1 aliphatic heterocycles. The molecule has 2 rings (SSSR count). The first-order valence-electron chi connectivity index (χ1n) is 6.52. The van der Waals surface area contributed by atoms with Crippen molar-refractivity contribution >= 4 is 5.95 Å². The van der Waals surface area contributed by atoms with E-state index in [9.17, 15) is 0 Å². The maximum absolute atomic E-state index is 5.67. The highest BCUT2D eigenvalue weighted by atomic mass is 16.5. The van der Waals surface area contributed by atoms with Crippen LogP contribution in [0.5, 0.6) is 0 Å². The molecule has 18 heavy (non-hydrogen) atoms. The lowest BCUT2D eigenvalue weighted by atomic mass is 10.1. The summed E-state index contributed by atoms with van der Waals surface area (Å²) in [6, 6.07) is 0. The number of hydrogen-bond acceptors (Lipinski definition) is 5. The third-order valence-corrected chi connectivity index (χ3v) is 3.15. The van der Waals surface area contributed by atoms with Gasteiger partial charge in [-0.25, -0.2) is 9.97 Å². The van der Waals surface area contributed by atoms with Crippen LogP contribution in [-0.2, 0) is 4.74 Å². The molecule has 1 aromatic rings. The minimum Gasteiger partial charge on any atom is -0.374 e. The van der Waals surface area contributed by atoms with Gasteiger partial charge in [-0.15, -0.1) is 0 Å². The number of nitrogens with one attached hydrogen (secondary N) is 1. The highest BCUT2D eigenvalue weighted by molar-refractivity contribution is 5.29. The van der Waals surface area contributed by atoms with Gasteiger partial charge in [0.25, 0.3) is 0 Å². The minimum absolute atomic E-state index is 0.220. The van der Waals surface area contributed by atoms with Gasteiger partial charge in [0.2, 0.25) is 5.95 Å². The Morgan fingerprint density at radius 1 is 1.44 bits per heavy atom. The number of aromatic nitrogens is 2. The Hall–Kier alpha value is -1.20. The topological polar surface area (TPSA) is 50.3 Å². The van der Waals surface area contributed by atoms with E-state index in [2.05, 4.69) is 29.1 Å². The second kappa shape index (κ2) is 6.11. The molecule has 1 saturated heterocycles. The standard InChI is InChI=1S/C13H22N4O/c1-10(2)11-6-15-13(16-7-11)17(3)9-12-8-14-4-5-18-12/h6-7,10,12,14H,4-5,8-9H2,1-3H3. The number of nitrogens with zero attached hydrogens (tertiary/aromatic N) is 3. The SMILES string of the molecule is CC(C)c1cnc(N(C)CC2CNCCO2)nc1. The molecule has 1 aliphatic rings. The fraction of sp³-hybridized carbons (Fsp3) is 0.692. The first-order valence-corrected chi connectivity index (χ1v) is 6.52. The van der Waals surface area contributed by atoms with Crippen molar-refractivity contribution in [3.63, 3.8) is 0 Å². The van der Waals surface area contributed by atoms with Crippen LogP contribution in [0.25, 0.3) is 0 Å². The lowest BCUT2D eigenvalue weighted by Gasteiger charge is -2.28. The molecule has 5 nitrogen and oxygen atoms in total. The molecule has 100 valence electrons. The summed E-state index contributed by atoms with van der Waals surface area (Å²) in [5.41, 5.74) is 1.17. The Balaban J connectivity index is 1.93. The number of ether oxygens (including phenoxy) is 1. The van der Waals surface area contributed by atoms with Crippen molar-refractivity contribution in [1.82, 2.24) is 15.3 Å². The van der Waals surface area contributed by atoms with Crippen LogP contribution in [0.15, 0.2) is 12.4 Å². The minimum atomic E-state index is 0.220. The summed E-state index contributed by atoms with van der Waals surface area (Å²) in [4.78, 5) is 10.9. The lowest BCUT2D eigenvalue weighted by Crippen LogP contribution is -2.44. The zero-order chi connectivity index (χ0) is 13.0. The molecular weight excluding hydrogens is 228 g/mol. The van der Waals surface area contributed by atoms with Gasteiger partial charge in [0, 0.05) is 39.1 Å². The summed E-state index contributed by atoms with van der Waals surface area (Å²) < 4.78 is 5.67. The quantitative estimate of drug-likeness (QED) is 0.865. The van der Waals surface area contributed by atoms with Gasteiger partial charge < -0.3 is 15.0 Å². The number of hydrogen-bond donors (Lipinski definition) is 1. The Morgan fingerprint density at radius 3 is 2.72 bits per heavy atom. The Labute approximate surface area is 109 Å². The van der Waals surface area contributed by atoms with Crippen LogP contribution in [0, 0.1) is 0 Å². The van der Waals surface area contributed by atoms with Crippen molar-refractivity contribution in [2.45, 2.75) is 25.9 Å². The molecule has 0 aliphatic carbocycles. The molecule has 0 saturated carbocycles. The molecular formula is C13H22N4O. The fourth-order valence-corrected chi connectivity index (χ4v) is 1.95. The number of morpholine rings is 1. The third-order valence-electron chi connectivity index (χ3n) is 3.15. The highest BCUT2D eigenvalue weighted by Crippen LogP contribution is 2.14. The van der Waals surface area contributed by atoms with Crippen molar-refractivity contribution in [3.8, 4) is 0 Å². The summed E-state index contributed by atoms with van der Waals surface area (Å²) in [6.07, 6.45) is 4.03. The van der Waals surface area contributed by atoms with E-state index < -0.39 is 0 Å². The molecule has 1 N–H and O–H groups in total. The Bertz CT molecular complexity index is 360. The predicted octanol–water partition coefficient (Wildman–Crippen LogP) is 1.02. The van der Waals surface area contributed by atoms with Crippen LogP contribution < -0.4 is 10.2 Å². The molecule has 0 amide bonds. The van der Waals surface area contributed by atoms with Gasteiger partial charge in [-0.3, -0.25) is 0 Å². The van der Waals surface area contributed by atoms with Crippen LogP contribution in [-0.4, -0.2) is 49.4 Å². The Morgan fingerprint density at radius 2 is 2.17 bits per heavy atom. The zero-order valence-corrected chi connectivity index (χ0v) is 11.4. The van der Waals surface area contributed by atoms with E-state index in [1.54, 1.807) is 0 Å². The normalized spacial score (nSPS) is 20.1. The molecule has 2 heterocycles. The van der Waals surface area contributed by atoms with Gasteiger partial charge in [0.05, 0.1) is 12.7 Å². The van der Waals surface area contributed by atoms with Crippen molar-refractivity contribution in [2.24, 2.45) is 0 Å². The summed E-state index contributed by atoms with van der Waals surface area (Å²) in [5.74, 6) is 1.23. The molecule has 0 spiro atoms. The lowest BCUT2D eigenvalue weighted by molar-refractivity contribution is 0.0338. The van der Waals surface area contributed by atoms with Gasteiger partial charge in [0.15, 0.2) is 0 Å². The van der Waals surface area contributed by atoms with Crippen LogP contribution >= 0.6 is 0 Å². The van der Waals surface area contributed by atoms with E-state index in [-0.39, 0.29) is 6.10 Å². The molecule has 0 aromatic carbocycles. The van der Waals surface area contributed by atoms with E-state index in [1.165, 1.54) is 5.56 Å². The molecule has 1 unspecified atom stereocenters. The van der Waals surface area contributed by atoms with E-state index in [4.69, 9.17) is 4.74 Å². The molecule has 0 bridgehead atoms. The molecule has 5 heteroatoms. The van der Waals surface area contributed by atoms with Gasteiger partial charge in [-0.05, 0) is 11.5 Å². The zero-order valence-electron chi connectivity index (χ0n) is 11.4. The molecule has 1 aromatic heterocycles. The van der Waals surface area contributed by atoms with Gasteiger partial charge in [0.1, 0.15) is 0 Å². The Kier molecular flexibility index (Phi) is 4.49. The third kappa shape index (κ3) is 3.40. The van der Waals surface area contributed by atoms with Crippen molar-refractivity contribution in [2.75, 3.05) is 38.2 Å². The van der Waals surface area contributed by atoms with Crippen molar-refractivity contribution < 1.29 is 4.74 Å². The van der Waals surface area contributed by atoms with Crippen LogP contribution in [0.1, 0.15) is 25.3 Å². The van der Waals surface area contributed by atoms with Crippen LogP contribution in [0.4, 0.5) is 5.95 Å². The molecule has 1 fully saturated rings. The first kappa shape index (κ1) is 13.2. The smallest absolute Gasteiger partial charge is 0.225 e. The molecule has 0 radical (unpaired) electrons. The largest absolute Gasteiger partial charge is 0.374 e. The van der Waals surface area contributed by atoms with Gasteiger partial charge in [-0.1, -0.05) is 13.8 Å². The maximum Gasteiger partial charge on any atom is 0.225 e. The average Bonchev–Trinajstić information content (AvgIpc) is 2.40. The van der Waals surface area contributed by atoms with Gasteiger partial charge >= 0.3 is 0 Å². The van der Waals surface area contributed by atoms with Crippen molar-refractivity contribution in [1.29, 1.82) is 0 Å². The average molecular weight is 250 g/mol. The number of rotatable bonds is 4. The van der Waals surface area contributed by atoms with E-state index in [0.29, 0.717) is 5.92 Å². The number of likely N-dealkylation sites (N-methyl/N-ethyl adjacent to an activating group) is 1. The van der Waals surface area contributed by atoms with Crippen LogP contribution in [0.3, 0.4) is 0 Å². The monoisotopic (exact) mass is 250 g/mol. The van der Waals surface area contributed by atoms with E-state index in [0.717, 1.165) is 32.2 Å². The number of anilines is 1. The summed E-state index contributed by atoms with van der Waals surface area (Å²) in [7, 11) is 2.00. The summed E-state index contributed by atoms with van der Waals surface area (Å²) in [5, 5.41) is 3.32. The van der Waals surface area contributed by atoms with E-state index >= 15 is 0 Å². The van der Waals surface area contributed by atoms with E-state index in [1.807, 2.05) is 24.3 Å². The second-order valence-electron chi connectivity index (χ2n) is 5.05. The van der Waals surface area contributed by atoms with Crippen LogP contribution in [0.2, 0.25) is 0 Å². The van der Waals surface area contributed by atoms with Gasteiger partial charge in [-0.2, -0.15) is 0 Å². The first-order chi connectivity index (χ1) is 8.66. The summed E-state index contributed by atoms with van der Waals surface area (Å²) >= 11 is 0. The summed E-state index contributed by atoms with van der Waals surface area (Å²) in [6.45, 7) is 7.72. The molecule has 1 atom stereocenters. The van der Waals surface area contributed by atoms with Crippen molar-refractivity contribution in [3.05, 3.63) is 18.0 Å². The maximum atomic E-state index is 5.67.